The second-order valence-electron chi connectivity index (χ2n) is 8.55. The number of aromatic nitrogens is 2. The van der Waals surface area contributed by atoms with Crippen molar-refractivity contribution in [1.82, 2.24) is 9.97 Å². The van der Waals surface area contributed by atoms with Crippen LogP contribution in [0.15, 0.2) is 30.5 Å². The van der Waals surface area contributed by atoms with Crippen LogP contribution in [0.3, 0.4) is 0 Å². The molecule has 1 saturated carbocycles. The highest BCUT2D eigenvalue weighted by Gasteiger charge is 2.22. The maximum Gasteiger partial charge on any atom is 0.260 e. The molecule has 1 heterocycles. The van der Waals surface area contributed by atoms with Gasteiger partial charge in [-0.25, -0.2) is 9.97 Å². The van der Waals surface area contributed by atoms with Crippen LogP contribution in [0.4, 0.5) is 11.5 Å². The molecule has 0 atom stereocenters. The van der Waals surface area contributed by atoms with E-state index < -0.39 is 0 Å². The van der Waals surface area contributed by atoms with Crippen molar-refractivity contribution in [3.8, 4) is 5.75 Å². The van der Waals surface area contributed by atoms with E-state index in [1.54, 1.807) is 37.6 Å². The van der Waals surface area contributed by atoms with Crippen LogP contribution in [0.25, 0.3) is 0 Å². The predicted octanol–water partition coefficient (Wildman–Crippen LogP) is 4.97. The molecule has 1 amide bonds. The van der Waals surface area contributed by atoms with Crippen LogP contribution >= 0.6 is 0 Å². The Morgan fingerprint density at radius 1 is 1.09 bits per heavy atom. The van der Waals surface area contributed by atoms with E-state index in [1.807, 2.05) is 0 Å². The van der Waals surface area contributed by atoms with Crippen molar-refractivity contribution < 1.29 is 14.6 Å². The van der Waals surface area contributed by atoms with Gasteiger partial charge >= 0.3 is 0 Å². The Morgan fingerprint density at radius 2 is 1.81 bits per heavy atom. The standard InChI is InChI=1S/C25H36N4O3/c1-3-4-5-6-7-8-23-26-17-22(24(29-23)27-18-9-13-20(30)14-10-18)25(31)28-19-11-15-21(32-2)16-12-19/h11-12,15-18,20,30H,3-10,13-14H2,1-2H3,(H,28,31)(H,26,27,29)/t18-,20-. The summed E-state index contributed by atoms with van der Waals surface area (Å²) in [7, 11) is 1.61. The summed E-state index contributed by atoms with van der Waals surface area (Å²) in [5.74, 6) is 1.83. The fourth-order valence-electron chi connectivity index (χ4n) is 3.99. The highest BCUT2D eigenvalue weighted by Crippen LogP contribution is 2.24. The average Bonchev–Trinajstić information content (AvgIpc) is 2.81. The van der Waals surface area contributed by atoms with Gasteiger partial charge < -0.3 is 20.5 Å². The molecule has 0 unspecified atom stereocenters. The first-order chi connectivity index (χ1) is 15.6. The lowest BCUT2D eigenvalue weighted by Gasteiger charge is -2.27. The first-order valence-corrected chi connectivity index (χ1v) is 11.8. The van der Waals surface area contributed by atoms with Gasteiger partial charge in [-0.3, -0.25) is 4.79 Å². The number of carbonyl (C=O) groups excluding carboxylic acids is 1. The number of methoxy groups -OCH3 is 1. The molecular weight excluding hydrogens is 404 g/mol. The Labute approximate surface area is 191 Å². The van der Waals surface area contributed by atoms with Gasteiger partial charge in [0.25, 0.3) is 5.91 Å². The summed E-state index contributed by atoms with van der Waals surface area (Å²) in [6.07, 6.45) is 11.4. The first kappa shape index (κ1) is 24.0. The number of anilines is 2. The third-order valence-corrected chi connectivity index (χ3v) is 5.97. The number of nitrogens with zero attached hydrogens (tertiary/aromatic N) is 2. The molecule has 7 heteroatoms. The molecule has 174 valence electrons. The summed E-state index contributed by atoms with van der Waals surface area (Å²) >= 11 is 0. The zero-order valence-electron chi connectivity index (χ0n) is 19.3. The summed E-state index contributed by atoms with van der Waals surface area (Å²) in [5.41, 5.74) is 1.12. The fraction of sp³-hybridized carbons (Fsp3) is 0.560. The van der Waals surface area contributed by atoms with Gasteiger partial charge in [-0.2, -0.15) is 0 Å². The van der Waals surface area contributed by atoms with E-state index in [4.69, 9.17) is 9.72 Å². The van der Waals surface area contributed by atoms with Gasteiger partial charge in [0.15, 0.2) is 0 Å². The largest absolute Gasteiger partial charge is 0.497 e. The van der Waals surface area contributed by atoms with Crippen LogP contribution in [0.2, 0.25) is 0 Å². The van der Waals surface area contributed by atoms with Gasteiger partial charge in [-0.15, -0.1) is 0 Å². The summed E-state index contributed by atoms with van der Waals surface area (Å²) in [6, 6.07) is 7.41. The maximum atomic E-state index is 13.0. The number of amides is 1. The number of unbranched alkanes of at least 4 members (excludes halogenated alkanes) is 4. The molecule has 0 bridgehead atoms. The van der Waals surface area contributed by atoms with Crippen molar-refractivity contribution in [2.75, 3.05) is 17.7 Å². The van der Waals surface area contributed by atoms with Gasteiger partial charge in [0.05, 0.1) is 13.2 Å². The van der Waals surface area contributed by atoms with Crippen molar-refractivity contribution >= 4 is 17.4 Å². The molecule has 0 saturated heterocycles. The van der Waals surface area contributed by atoms with Crippen LogP contribution in [0.1, 0.15) is 80.9 Å². The molecule has 1 fully saturated rings. The molecule has 0 radical (unpaired) electrons. The number of aryl methyl sites for hydroxylation is 1. The van der Waals surface area contributed by atoms with Crippen molar-refractivity contribution in [2.45, 2.75) is 83.3 Å². The van der Waals surface area contributed by atoms with E-state index in [2.05, 4.69) is 22.5 Å². The average molecular weight is 441 g/mol. The minimum Gasteiger partial charge on any atom is -0.497 e. The second kappa shape index (κ2) is 12.4. The number of carbonyl (C=O) groups is 1. The fourth-order valence-corrected chi connectivity index (χ4v) is 3.99. The van der Waals surface area contributed by atoms with E-state index in [-0.39, 0.29) is 18.1 Å². The predicted molar refractivity (Wildman–Crippen MR) is 127 cm³/mol. The summed E-state index contributed by atoms with van der Waals surface area (Å²) < 4.78 is 5.18. The van der Waals surface area contributed by atoms with Crippen LogP contribution in [0.5, 0.6) is 5.75 Å². The lowest BCUT2D eigenvalue weighted by molar-refractivity contribution is 0.102. The lowest BCUT2D eigenvalue weighted by Crippen LogP contribution is -2.30. The molecule has 1 aliphatic rings. The Morgan fingerprint density at radius 3 is 2.50 bits per heavy atom. The van der Waals surface area contributed by atoms with Crippen LogP contribution in [0, 0.1) is 0 Å². The van der Waals surface area contributed by atoms with Crippen molar-refractivity contribution in [3.63, 3.8) is 0 Å². The third-order valence-electron chi connectivity index (χ3n) is 5.97. The Balaban J connectivity index is 1.72. The van der Waals surface area contributed by atoms with Crippen LogP contribution < -0.4 is 15.4 Å². The van der Waals surface area contributed by atoms with Crippen molar-refractivity contribution in [1.29, 1.82) is 0 Å². The molecular formula is C25H36N4O3. The van der Waals surface area contributed by atoms with Crippen LogP contribution in [-0.2, 0) is 6.42 Å². The quantitative estimate of drug-likeness (QED) is 0.427. The van der Waals surface area contributed by atoms with E-state index in [9.17, 15) is 9.90 Å². The maximum absolute atomic E-state index is 13.0. The summed E-state index contributed by atoms with van der Waals surface area (Å²) in [4.78, 5) is 22.2. The molecule has 0 aliphatic heterocycles. The van der Waals surface area contributed by atoms with E-state index in [0.29, 0.717) is 17.1 Å². The molecule has 1 aromatic carbocycles. The number of ether oxygens (including phenoxy) is 1. The number of hydrogen-bond donors (Lipinski definition) is 3. The second-order valence-corrected chi connectivity index (χ2v) is 8.55. The first-order valence-electron chi connectivity index (χ1n) is 11.8. The number of hydrogen-bond acceptors (Lipinski definition) is 6. The highest BCUT2D eigenvalue weighted by molar-refractivity contribution is 6.07. The molecule has 0 spiro atoms. The van der Waals surface area contributed by atoms with E-state index in [0.717, 1.165) is 50.1 Å². The molecule has 3 rings (SSSR count). The molecule has 7 nitrogen and oxygen atoms in total. The summed E-state index contributed by atoms with van der Waals surface area (Å²) in [6.45, 7) is 2.21. The van der Waals surface area contributed by atoms with E-state index in [1.165, 1.54) is 25.7 Å². The number of rotatable bonds is 11. The van der Waals surface area contributed by atoms with Gasteiger partial charge in [-0.1, -0.05) is 32.6 Å². The third kappa shape index (κ3) is 7.19. The van der Waals surface area contributed by atoms with Gasteiger partial charge in [0, 0.05) is 24.3 Å². The smallest absolute Gasteiger partial charge is 0.260 e. The van der Waals surface area contributed by atoms with Crippen molar-refractivity contribution in [3.05, 3.63) is 41.9 Å². The Hall–Kier alpha value is -2.67. The van der Waals surface area contributed by atoms with Gasteiger partial charge in [0.1, 0.15) is 23.0 Å². The number of nitrogens with one attached hydrogen (secondary N) is 2. The number of benzene rings is 1. The topological polar surface area (TPSA) is 96.4 Å². The zero-order valence-corrected chi connectivity index (χ0v) is 19.3. The monoisotopic (exact) mass is 440 g/mol. The lowest BCUT2D eigenvalue weighted by atomic mass is 9.93. The number of aliphatic hydroxyl groups is 1. The molecule has 32 heavy (non-hydrogen) atoms. The highest BCUT2D eigenvalue weighted by atomic mass is 16.5. The zero-order chi connectivity index (χ0) is 22.8. The van der Waals surface area contributed by atoms with Crippen LogP contribution in [-0.4, -0.2) is 40.2 Å². The molecule has 3 N–H and O–H groups in total. The molecule has 1 aromatic heterocycles. The minimum atomic E-state index is -0.247. The summed E-state index contributed by atoms with van der Waals surface area (Å²) in [5, 5.41) is 16.2. The Kier molecular flexibility index (Phi) is 9.28. The number of aliphatic hydroxyl groups excluding tert-OH is 1. The molecule has 1 aliphatic carbocycles. The van der Waals surface area contributed by atoms with Crippen molar-refractivity contribution in [2.24, 2.45) is 0 Å². The van der Waals surface area contributed by atoms with Gasteiger partial charge in [0.2, 0.25) is 0 Å². The molecule has 2 aromatic rings. The normalized spacial score (nSPS) is 18.2. The van der Waals surface area contributed by atoms with E-state index >= 15 is 0 Å². The Bertz CT molecular complexity index is 849. The SMILES string of the molecule is CCCCCCCc1ncc(C(=O)Nc2ccc(OC)cc2)c(N[C@H]2CC[C@H](O)CC2)n1. The minimum absolute atomic E-state index is 0.193. The van der Waals surface area contributed by atoms with Gasteiger partial charge in [-0.05, 0) is 56.4 Å².